The third-order valence-corrected chi connectivity index (χ3v) is 3.49. The number of hydrogen-bond donors (Lipinski definition) is 2. The maximum absolute atomic E-state index is 12.0. The van der Waals surface area contributed by atoms with E-state index in [4.69, 9.17) is 5.11 Å². The first kappa shape index (κ1) is 16.6. The highest BCUT2D eigenvalue weighted by Crippen LogP contribution is 2.20. The third-order valence-electron chi connectivity index (χ3n) is 3.49. The van der Waals surface area contributed by atoms with Crippen LogP contribution in [0.15, 0.2) is 24.3 Å². The molecule has 114 valence electrons. The molecule has 1 amide bonds. The van der Waals surface area contributed by atoms with E-state index < -0.39 is 34.7 Å². The van der Waals surface area contributed by atoms with Crippen LogP contribution in [0.1, 0.15) is 32.4 Å². The van der Waals surface area contributed by atoms with Gasteiger partial charge in [0.05, 0.1) is 16.9 Å². The molecule has 1 aromatic rings. The molecule has 0 saturated heterocycles. The second-order valence-corrected chi connectivity index (χ2v) is 5.00. The molecular weight excluding hydrogens is 276 g/mol. The van der Waals surface area contributed by atoms with Gasteiger partial charge in [0.1, 0.15) is 0 Å². The molecule has 1 aromatic carbocycles. The highest BCUT2D eigenvalue weighted by atomic mass is 16.6. The van der Waals surface area contributed by atoms with Gasteiger partial charge in [-0.25, -0.2) is 0 Å². The molecule has 3 unspecified atom stereocenters. The molecule has 0 spiro atoms. The van der Waals surface area contributed by atoms with E-state index in [0.29, 0.717) is 5.56 Å². The van der Waals surface area contributed by atoms with Crippen molar-refractivity contribution in [3.63, 3.8) is 0 Å². The monoisotopic (exact) mass is 294 g/mol. The number of rotatable bonds is 6. The Bertz CT molecular complexity index is 558. The van der Waals surface area contributed by atoms with Crippen molar-refractivity contribution in [2.75, 3.05) is 0 Å². The van der Waals surface area contributed by atoms with Crippen molar-refractivity contribution in [3.05, 3.63) is 39.9 Å². The lowest BCUT2D eigenvalue weighted by Gasteiger charge is -2.20. The van der Waals surface area contributed by atoms with Crippen LogP contribution in [-0.4, -0.2) is 21.9 Å². The fourth-order valence-corrected chi connectivity index (χ4v) is 1.78. The number of amides is 1. The van der Waals surface area contributed by atoms with Crippen LogP contribution in [0.2, 0.25) is 0 Å². The Morgan fingerprint density at radius 3 is 2.38 bits per heavy atom. The van der Waals surface area contributed by atoms with Crippen LogP contribution in [0, 0.1) is 22.0 Å². The molecule has 1 rings (SSSR count). The molecule has 3 atom stereocenters. The van der Waals surface area contributed by atoms with E-state index in [1.54, 1.807) is 19.1 Å². The molecule has 0 radical (unpaired) electrons. The summed E-state index contributed by atoms with van der Waals surface area (Å²) in [6.07, 6.45) is 0. The zero-order valence-corrected chi connectivity index (χ0v) is 12.1. The van der Waals surface area contributed by atoms with Crippen LogP contribution < -0.4 is 5.32 Å². The van der Waals surface area contributed by atoms with Crippen molar-refractivity contribution in [2.45, 2.75) is 26.8 Å². The molecule has 21 heavy (non-hydrogen) atoms. The molecule has 0 bridgehead atoms. The predicted molar refractivity (Wildman–Crippen MR) is 75.6 cm³/mol. The molecule has 7 heteroatoms. The number of nitrogens with zero attached hydrogens (tertiary/aromatic N) is 1. The summed E-state index contributed by atoms with van der Waals surface area (Å²) in [6.45, 7) is 4.69. The van der Waals surface area contributed by atoms with Crippen molar-refractivity contribution in [1.82, 2.24) is 5.32 Å². The van der Waals surface area contributed by atoms with Crippen molar-refractivity contribution >= 4 is 17.6 Å². The summed E-state index contributed by atoms with van der Waals surface area (Å²) in [5.74, 6) is -2.93. The minimum Gasteiger partial charge on any atom is -0.481 e. The highest BCUT2D eigenvalue weighted by Gasteiger charge is 2.26. The maximum Gasteiger partial charge on any atom is 0.307 e. The van der Waals surface area contributed by atoms with Gasteiger partial charge in [-0.1, -0.05) is 26.0 Å². The second-order valence-electron chi connectivity index (χ2n) is 5.00. The van der Waals surface area contributed by atoms with E-state index in [9.17, 15) is 19.7 Å². The van der Waals surface area contributed by atoms with Crippen LogP contribution in [0.4, 0.5) is 5.69 Å². The Morgan fingerprint density at radius 1 is 1.24 bits per heavy atom. The van der Waals surface area contributed by atoms with Gasteiger partial charge < -0.3 is 10.4 Å². The Morgan fingerprint density at radius 2 is 1.86 bits per heavy atom. The van der Waals surface area contributed by atoms with E-state index in [1.807, 2.05) is 0 Å². The van der Waals surface area contributed by atoms with Gasteiger partial charge in [-0.15, -0.1) is 0 Å². The van der Waals surface area contributed by atoms with Gasteiger partial charge in [0.25, 0.3) is 5.69 Å². The quantitative estimate of drug-likeness (QED) is 0.617. The Labute approximate surface area is 122 Å². The van der Waals surface area contributed by atoms with E-state index in [-0.39, 0.29) is 5.69 Å². The summed E-state index contributed by atoms with van der Waals surface area (Å²) in [7, 11) is 0. The number of carbonyl (C=O) groups is 2. The minimum atomic E-state index is -1.04. The van der Waals surface area contributed by atoms with Gasteiger partial charge in [-0.05, 0) is 12.5 Å². The molecule has 0 aliphatic rings. The summed E-state index contributed by atoms with van der Waals surface area (Å²) in [5, 5.41) is 22.3. The molecule has 2 N–H and O–H groups in total. The van der Waals surface area contributed by atoms with Gasteiger partial charge in [-0.3, -0.25) is 19.7 Å². The van der Waals surface area contributed by atoms with Gasteiger partial charge in [0.2, 0.25) is 5.91 Å². The normalized spacial score (nSPS) is 14.8. The van der Waals surface area contributed by atoms with Crippen LogP contribution in [-0.2, 0) is 9.59 Å². The number of carboxylic acids is 1. The minimum absolute atomic E-state index is 0.0550. The van der Waals surface area contributed by atoms with Crippen molar-refractivity contribution in [1.29, 1.82) is 0 Å². The summed E-state index contributed by atoms with van der Waals surface area (Å²) in [5.41, 5.74) is 0.535. The Hall–Kier alpha value is -2.44. The van der Waals surface area contributed by atoms with Gasteiger partial charge in [0, 0.05) is 18.1 Å². The SMILES string of the molecule is CC(NC(=O)C(C)C(C)C(=O)O)c1cccc([N+](=O)[O-])c1. The standard InChI is InChI=1S/C14H18N2O5/c1-8(9(2)14(18)19)13(17)15-10(3)11-5-4-6-12(7-11)16(20)21/h4-10H,1-3H3,(H,15,17)(H,18,19). The molecule has 0 heterocycles. The molecule has 7 nitrogen and oxygen atoms in total. The average Bonchev–Trinajstić information content (AvgIpc) is 2.45. The van der Waals surface area contributed by atoms with Crippen LogP contribution in [0.25, 0.3) is 0 Å². The number of carbonyl (C=O) groups excluding carboxylic acids is 1. The number of nitrogens with one attached hydrogen (secondary N) is 1. The lowest BCUT2D eigenvalue weighted by molar-refractivity contribution is -0.384. The average molecular weight is 294 g/mol. The van der Waals surface area contributed by atoms with E-state index >= 15 is 0 Å². The number of carboxylic acid groups (broad SMARTS) is 1. The highest BCUT2D eigenvalue weighted by molar-refractivity contribution is 5.84. The number of nitro benzene ring substituents is 1. The smallest absolute Gasteiger partial charge is 0.307 e. The van der Waals surface area contributed by atoms with Crippen molar-refractivity contribution < 1.29 is 19.6 Å². The Balaban J connectivity index is 2.79. The van der Waals surface area contributed by atoms with Gasteiger partial charge in [-0.2, -0.15) is 0 Å². The number of aliphatic carboxylic acids is 1. The third kappa shape index (κ3) is 4.27. The fraction of sp³-hybridized carbons (Fsp3) is 0.429. The first-order chi connectivity index (χ1) is 9.73. The zero-order chi connectivity index (χ0) is 16.2. The van der Waals surface area contributed by atoms with E-state index in [1.165, 1.54) is 26.0 Å². The number of hydrogen-bond acceptors (Lipinski definition) is 4. The molecule has 0 aliphatic carbocycles. The number of non-ortho nitro benzene ring substituents is 1. The Kier molecular flexibility index (Phi) is 5.40. The lowest BCUT2D eigenvalue weighted by Crippen LogP contribution is -2.36. The topological polar surface area (TPSA) is 110 Å². The fourth-order valence-electron chi connectivity index (χ4n) is 1.78. The zero-order valence-electron chi connectivity index (χ0n) is 12.1. The molecule has 0 fully saturated rings. The summed E-state index contributed by atoms with van der Waals surface area (Å²) in [4.78, 5) is 33.1. The van der Waals surface area contributed by atoms with Crippen LogP contribution >= 0.6 is 0 Å². The van der Waals surface area contributed by atoms with E-state index in [0.717, 1.165) is 0 Å². The number of benzene rings is 1. The van der Waals surface area contributed by atoms with Crippen molar-refractivity contribution in [3.8, 4) is 0 Å². The second kappa shape index (κ2) is 6.83. The largest absolute Gasteiger partial charge is 0.481 e. The lowest BCUT2D eigenvalue weighted by atomic mass is 9.94. The first-order valence-corrected chi connectivity index (χ1v) is 6.51. The molecule has 0 aliphatic heterocycles. The molecular formula is C14H18N2O5. The summed E-state index contributed by atoms with van der Waals surface area (Å²) < 4.78 is 0. The van der Waals surface area contributed by atoms with Gasteiger partial charge in [0.15, 0.2) is 0 Å². The first-order valence-electron chi connectivity index (χ1n) is 6.51. The molecule has 0 saturated carbocycles. The number of nitro groups is 1. The maximum atomic E-state index is 12.0. The summed E-state index contributed by atoms with van der Waals surface area (Å²) >= 11 is 0. The van der Waals surface area contributed by atoms with Crippen LogP contribution in [0.3, 0.4) is 0 Å². The summed E-state index contributed by atoms with van der Waals surface area (Å²) in [6, 6.07) is 5.52. The van der Waals surface area contributed by atoms with Crippen molar-refractivity contribution in [2.24, 2.45) is 11.8 Å². The van der Waals surface area contributed by atoms with E-state index in [2.05, 4.69) is 5.32 Å². The van der Waals surface area contributed by atoms with Gasteiger partial charge >= 0.3 is 5.97 Å². The van der Waals surface area contributed by atoms with Crippen LogP contribution in [0.5, 0.6) is 0 Å². The molecule has 0 aromatic heterocycles. The predicted octanol–water partition coefficient (Wildman–Crippen LogP) is 2.13.